The van der Waals surface area contributed by atoms with Crippen LogP contribution in [0.4, 0.5) is 0 Å². The molecule has 0 unspecified atom stereocenters. The molecule has 2 aromatic heterocycles. The fourth-order valence-corrected chi connectivity index (χ4v) is 2.27. The predicted octanol–water partition coefficient (Wildman–Crippen LogP) is 2.63. The molecular weight excluding hydrogens is 248 g/mol. The molecule has 4 nitrogen and oxygen atoms in total. The Hall–Kier alpha value is -1.33. The number of halogens is 1. The summed E-state index contributed by atoms with van der Waals surface area (Å²) in [4.78, 5) is 13.2. The Labute approximate surface area is 101 Å². The number of aryl methyl sites for hydroxylation is 1. The zero-order valence-corrected chi connectivity index (χ0v) is 10.1. The Morgan fingerprint density at radius 2 is 2.50 bits per heavy atom. The van der Waals surface area contributed by atoms with E-state index >= 15 is 0 Å². The van der Waals surface area contributed by atoms with E-state index in [9.17, 15) is 4.79 Å². The number of aromatic nitrogens is 1. The third kappa shape index (κ3) is 2.43. The van der Waals surface area contributed by atoms with Crippen molar-refractivity contribution in [3.05, 3.63) is 38.9 Å². The highest BCUT2D eigenvalue weighted by atomic mass is 35.5. The second-order valence-corrected chi connectivity index (χ2v) is 4.89. The van der Waals surface area contributed by atoms with Gasteiger partial charge in [-0.2, -0.15) is 0 Å². The molecule has 0 aromatic carbocycles. The second-order valence-electron chi connectivity index (χ2n) is 3.23. The van der Waals surface area contributed by atoms with E-state index in [0.717, 1.165) is 10.4 Å². The summed E-state index contributed by atoms with van der Waals surface area (Å²) in [5.41, 5.74) is 0.827. The van der Waals surface area contributed by atoms with Crippen molar-refractivity contribution in [2.24, 2.45) is 0 Å². The molecular formula is C10H9ClN2O2S. The van der Waals surface area contributed by atoms with Crippen LogP contribution in [0.1, 0.15) is 20.1 Å². The van der Waals surface area contributed by atoms with Gasteiger partial charge in [-0.15, -0.1) is 11.3 Å². The number of hydrogen-bond acceptors (Lipinski definition) is 4. The number of carbonyl (C=O) groups is 1. The van der Waals surface area contributed by atoms with Crippen molar-refractivity contribution >= 4 is 28.8 Å². The van der Waals surface area contributed by atoms with Gasteiger partial charge in [0, 0.05) is 17.0 Å². The second kappa shape index (κ2) is 4.67. The maximum Gasteiger partial charge on any atom is 0.261 e. The van der Waals surface area contributed by atoms with E-state index in [-0.39, 0.29) is 5.91 Å². The molecule has 2 rings (SSSR count). The van der Waals surface area contributed by atoms with E-state index in [4.69, 9.17) is 11.6 Å². The minimum Gasteiger partial charge on any atom is -0.364 e. The third-order valence-corrected chi connectivity index (χ3v) is 3.57. The Balaban J connectivity index is 1.98. The summed E-state index contributed by atoms with van der Waals surface area (Å²) < 4.78 is 4.66. The van der Waals surface area contributed by atoms with Crippen LogP contribution in [0, 0.1) is 6.92 Å². The Morgan fingerprint density at radius 3 is 3.06 bits per heavy atom. The topological polar surface area (TPSA) is 55.1 Å². The summed E-state index contributed by atoms with van der Waals surface area (Å²) in [5, 5.41) is 6.93. The normalized spacial score (nSPS) is 10.4. The number of carbonyl (C=O) groups excluding carboxylic acids is 1. The fourth-order valence-electron chi connectivity index (χ4n) is 1.16. The van der Waals surface area contributed by atoms with Crippen LogP contribution in [0.3, 0.4) is 0 Å². The van der Waals surface area contributed by atoms with Crippen LogP contribution in [-0.2, 0) is 6.54 Å². The molecule has 0 spiro atoms. The van der Waals surface area contributed by atoms with E-state index in [1.165, 1.54) is 17.6 Å². The maximum absolute atomic E-state index is 11.7. The average Bonchev–Trinajstić information content (AvgIpc) is 2.86. The molecule has 6 heteroatoms. The van der Waals surface area contributed by atoms with Gasteiger partial charge in [-0.3, -0.25) is 4.79 Å². The summed E-state index contributed by atoms with van der Waals surface area (Å²) in [6.07, 6.45) is 3.06. The van der Waals surface area contributed by atoms with Crippen molar-refractivity contribution in [2.75, 3.05) is 0 Å². The molecule has 0 saturated heterocycles. The fraction of sp³-hybridized carbons (Fsp3) is 0.200. The van der Waals surface area contributed by atoms with Gasteiger partial charge >= 0.3 is 0 Å². The van der Waals surface area contributed by atoms with Gasteiger partial charge in [-0.25, -0.2) is 0 Å². The minimum atomic E-state index is -0.138. The van der Waals surface area contributed by atoms with Crippen molar-refractivity contribution in [2.45, 2.75) is 13.5 Å². The first kappa shape index (κ1) is 11.2. The molecule has 84 valence electrons. The molecule has 0 aliphatic heterocycles. The van der Waals surface area contributed by atoms with Crippen molar-refractivity contribution in [1.29, 1.82) is 0 Å². The van der Waals surface area contributed by atoms with Crippen molar-refractivity contribution in [3.8, 4) is 0 Å². The molecule has 0 saturated carbocycles. The van der Waals surface area contributed by atoms with Gasteiger partial charge in [0.1, 0.15) is 6.26 Å². The van der Waals surface area contributed by atoms with E-state index in [1.807, 2.05) is 6.92 Å². The van der Waals surface area contributed by atoms with E-state index in [1.54, 1.807) is 12.3 Å². The summed E-state index contributed by atoms with van der Waals surface area (Å²) >= 11 is 7.26. The predicted molar refractivity (Wildman–Crippen MR) is 61.7 cm³/mol. The first-order valence-electron chi connectivity index (χ1n) is 4.59. The van der Waals surface area contributed by atoms with Gasteiger partial charge in [0.25, 0.3) is 5.91 Å². The van der Waals surface area contributed by atoms with Crippen LogP contribution < -0.4 is 5.32 Å². The van der Waals surface area contributed by atoms with Gasteiger partial charge in [0.05, 0.1) is 16.1 Å². The average molecular weight is 257 g/mol. The van der Waals surface area contributed by atoms with Gasteiger partial charge in [-0.05, 0) is 13.0 Å². The van der Waals surface area contributed by atoms with Crippen LogP contribution >= 0.6 is 22.9 Å². The standard InChI is InChI=1S/C10H9ClN2O2S/c1-6-8(11)2-9(16-6)10(14)12-3-7-4-13-15-5-7/h2,4-5H,3H2,1H3,(H,12,14). The van der Waals surface area contributed by atoms with E-state index in [0.29, 0.717) is 16.4 Å². The molecule has 2 aromatic rings. The monoisotopic (exact) mass is 256 g/mol. The highest BCUT2D eigenvalue weighted by Gasteiger charge is 2.11. The molecule has 1 N–H and O–H groups in total. The van der Waals surface area contributed by atoms with Gasteiger partial charge < -0.3 is 9.84 Å². The molecule has 0 aliphatic carbocycles. The van der Waals surface area contributed by atoms with Crippen LogP contribution in [0.5, 0.6) is 0 Å². The van der Waals surface area contributed by atoms with Crippen molar-refractivity contribution < 1.29 is 9.32 Å². The molecule has 1 amide bonds. The summed E-state index contributed by atoms with van der Waals surface area (Å²) in [5.74, 6) is -0.138. The molecule has 0 atom stereocenters. The van der Waals surface area contributed by atoms with Crippen LogP contribution in [0.2, 0.25) is 5.02 Å². The van der Waals surface area contributed by atoms with E-state index < -0.39 is 0 Å². The number of rotatable bonds is 3. The van der Waals surface area contributed by atoms with Crippen LogP contribution in [-0.4, -0.2) is 11.1 Å². The number of thiophene rings is 1. The maximum atomic E-state index is 11.7. The summed E-state index contributed by atoms with van der Waals surface area (Å²) in [7, 11) is 0. The van der Waals surface area contributed by atoms with Crippen LogP contribution in [0.15, 0.2) is 23.0 Å². The quantitative estimate of drug-likeness (QED) is 0.919. The highest BCUT2D eigenvalue weighted by molar-refractivity contribution is 7.14. The number of nitrogens with zero attached hydrogens (tertiary/aromatic N) is 1. The van der Waals surface area contributed by atoms with Gasteiger partial charge in [-0.1, -0.05) is 16.8 Å². The van der Waals surface area contributed by atoms with E-state index in [2.05, 4.69) is 15.0 Å². The lowest BCUT2D eigenvalue weighted by atomic mass is 10.3. The largest absolute Gasteiger partial charge is 0.364 e. The first-order valence-corrected chi connectivity index (χ1v) is 5.78. The SMILES string of the molecule is Cc1sc(C(=O)NCc2cnoc2)cc1Cl. The minimum absolute atomic E-state index is 0.138. The molecule has 0 bridgehead atoms. The summed E-state index contributed by atoms with van der Waals surface area (Å²) in [6, 6.07) is 1.67. The molecule has 16 heavy (non-hydrogen) atoms. The number of amides is 1. The lowest BCUT2D eigenvalue weighted by Crippen LogP contribution is -2.21. The zero-order chi connectivity index (χ0) is 11.5. The molecule has 0 radical (unpaired) electrons. The zero-order valence-electron chi connectivity index (χ0n) is 8.49. The number of nitrogens with one attached hydrogen (secondary N) is 1. The smallest absolute Gasteiger partial charge is 0.261 e. The first-order chi connectivity index (χ1) is 7.66. The molecule has 0 aliphatic rings. The van der Waals surface area contributed by atoms with Crippen molar-refractivity contribution in [1.82, 2.24) is 10.5 Å². The Bertz CT molecular complexity index is 473. The van der Waals surface area contributed by atoms with Crippen LogP contribution in [0.25, 0.3) is 0 Å². The van der Waals surface area contributed by atoms with Crippen molar-refractivity contribution in [3.63, 3.8) is 0 Å². The van der Waals surface area contributed by atoms with Gasteiger partial charge in [0.15, 0.2) is 0 Å². The molecule has 2 heterocycles. The lowest BCUT2D eigenvalue weighted by molar-refractivity contribution is 0.0955. The summed E-state index contributed by atoms with van der Waals surface area (Å²) in [6.45, 7) is 2.28. The Kier molecular flexibility index (Phi) is 3.26. The van der Waals surface area contributed by atoms with Gasteiger partial charge in [0.2, 0.25) is 0 Å². The number of hydrogen-bond donors (Lipinski definition) is 1. The highest BCUT2D eigenvalue weighted by Crippen LogP contribution is 2.25. The Morgan fingerprint density at radius 1 is 1.69 bits per heavy atom. The third-order valence-electron chi connectivity index (χ3n) is 2.02. The lowest BCUT2D eigenvalue weighted by Gasteiger charge is -1.99. The molecule has 0 fully saturated rings.